The molecule has 13 heavy (non-hydrogen) atoms. The number of nitrogens with two attached hydrogens (primary N) is 3. The second-order valence-corrected chi connectivity index (χ2v) is 2.64. The molecule has 7 nitrogen and oxygen atoms in total. The van der Waals surface area contributed by atoms with Crippen molar-refractivity contribution in [1.82, 2.24) is 0 Å². The maximum Gasteiger partial charge on any atom is 0.350 e. The van der Waals surface area contributed by atoms with Crippen molar-refractivity contribution >= 4 is 11.9 Å². The Morgan fingerprint density at radius 2 is 2.00 bits per heavy atom. The van der Waals surface area contributed by atoms with E-state index in [1.165, 1.54) is 0 Å². The van der Waals surface area contributed by atoms with Gasteiger partial charge in [-0.2, -0.15) is 0 Å². The quantitative estimate of drug-likeness (QED) is 0.143. The number of carboxylic acids is 1. The van der Waals surface area contributed by atoms with E-state index in [0.717, 1.165) is 0 Å². The molecule has 0 aromatic rings. The van der Waals surface area contributed by atoms with E-state index < -0.39 is 11.7 Å². The van der Waals surface area contributed by atoms with Crippen LogP contribution in [0.2, 0.25) is 0 Å². The minimum absolute atomic E-state index is 0.0733. The van der Waals surface area contributed by atoms with E-state index in [0.29, 0.717) is 6.42 Å². The van der Waals surface area contributed by atoms with Crippen LogP contribution in [0, 0.1) is 0 Å². The Morgan fingerprint density at radius 1 is 1.46 bits per heavy atom. The molecular weight excluding hydrogens is 176 g/mol. The van der Waals surface area contributed by atoms with Crippen molar-refractivity contribution in [3.05, 3.63) is 0 Å². The molecule has 0 aromatic heterocycles. The fraction of sp³-hybridized carbons (Fsp3) is 0.667. The van der Waals surface area contributed by atoms with Gasteiger partial charge in [0.25, 0.3) is 0 Å². The fourth-order valence-electron chi connectivity index (χ4n) is 0.664. The zero-order valence-electron chi connectivity index (χ0n) is 7.10. The van der Waals surface area contributed by atoms with E-state index >= 15 is 0 Å². The summed E-state index contributed by atoms with van der Waals surface area (Å²) in [6.45, 7) is 0.245. The monoisotopic (exact) mass is 190 g/mol. The third-order valence-corrected chi connectivity index (χ3v) is 1.38. The van der Waals surface area contributed by atoms with Crippen LogP contribution in [0.25, 0.3) is 0 Å². The van der Waals surface area contributed by atoms with E-state index in [1.807, 2.05) is 0 Å². The summed E-state index contributed by atoms with van der Waals surface area (Å²) in [4.78, 5) is 13.9. The molecule has 0 aliphatic heterocycles. The lowest BCUT2D eigenvalue weighted by Crippen LogP contribution is -2.47. The van der Waals surface area contributed by atoms with E-state index in [4.69, 9.17) is 27.4 Å². The molecule has 0 spiro atoms. The summed E-state index contributed by atoms with van der Waals surface area (Å²) in [6.07, 6.45) is 0.205. The minimum atomic E-state index is -2.20. The van der Waals surface area contributed by atoms with Gasteiger partial charge in [-0.05, 0) is 6.42 Å². The van der Waals surface area contributed by atoms with E-state index in [2.05, 4.69) is 4.99 Å². The molecule has 0 saturated heterocycles. The first kappa shape index (κ1) is 11.7. The van der Waals surface area contributed by atoms with E-state index in [1.54, 1.807) is 0 Å². The van der Waals surface area contributed by atoms with Crippen molar-refractivity contribution in [1.29, 1.82) is 0 Å². The molecule has 0 fully saturated rings. The molecule has 0 radical (unpaired) electrons. The number of hydrogen-bond donors (Lipinski definition) is 5. The highest BCUT2D eigenvalue weighted by Gasteiger charge is 2.29. The van der Waals surface area contributed by atoms with Crippen LogP contribution in [0.5, 0.6) is 0 Å². The molecule has 0 aliphatic carbocycles. The molecule has 0 rings (SSSR count). The number of carboxylic acid groups (broad SMARTS) is 1. The topological polar surface area (TPSA) is 148 Å². The summed E-state index contributed by atoms with van der Waals surface area (Å²) in [7, 11) is 0. The van der Waals surface area contributed by atoms with Gasteiger partial charge in [-0.1, -0.05) is 0 Å². The predicted molar refractivity (Wildman–Crippen MR) is 46.7 cm³/mol. The number of aliphatic hydroxyl groups is 1. The lowest BCUT2D eigenvalue weighted by molar-refractivity contribution is -0.158. The molecule has 76 valence electrons. The summed E-state index contributed by atoms with van der Waals surface area (Å²) >= 11 is 0. The van der Waals surface area contributed by atoms with Gasteiger partial charge in [0.1, 0.15) is 0 Å². The minimum Gasteiger partial charge on any atom is -0.478 e. The molecule has 1 unspecified atom stereocenters. The highest BCUT2D eigenvalue weighted by molar-refractivity contribution is 5.76. The average Bonchev–Trinajstić information content (AvgIpc) is 1.97. The number of rotatable bonds is 5. The number of guanidine groups is 1. The van der Waals surface area contributed by atoms with Crippen molar-refractivity contribution in [3.63, 3.8) is 0 Å². The second kappa shape index (κ2) is 4.63. The van der Waals surface area contributed by atoms with E-state index in [-0.39, 0.29) is 18.9 Å². The highest BCUT2D eigenvalue weighted by atomic mass is 16.4. The number of aliphatic carboxylic acids is 1. The summed E-state index contributed by atoms with van der Waals surface area (Å²) in [5, 5.41) is 17.4. The normalized spacial score (nSPS) is 14.6. The smallest absolute Gasteiger partial charge is 0.350 e. The molecule has 8 N–H and O–H groups in total. The van der Waals surface area contributed by atoms with Crippen LogP contribution in [0.1, 0.15) is 12.8 Å². The zero-order valence-corrected chi connectivity index (χ0v) is 7.10. The lowest BCUT2D eigenvalue weighted by Gasteiger charge is -2.16. The van der Waals surface area contributed by atoms with Gasteiger partial charge in [0.2, 0.25) is 5.72 Å². The molecule has 0 amide bonds. The largest absolute Gasteiger partial charge is 0.478 e. The second-order valence-electron chi connectivity index (χ2n) is 2.64. The molecular formula is C6H14N4O3. The molecule has 7 heteroatoms. The Morgan fingerprint density at radius 3 is 2.38 bits per heavy atom. The molecule has 0 aromatic carbocycles. The first-order valence-electron chi connectivity index (χ1n) is 3.66. The Labute approximate surface area is 75.2 Å². The molecule has 1 atom stereocenters. The fourth-order valence-corrected chi connectivity index (χ4v) is 0.664. The first-order chi connectivity index (χ1) is 5.86. The molecule has 0 heterocycles. The Kier molecular flexibility index (Phi) is 4.15. The predicted octanol–water partition coefficient (Wildman–Crippen LogP) is -2.23. The van der Waals surface area contributed by atoms with Gasteiger partial charge in [0.15, 0.2) is 5.96 Å². The lowest BCUT2D eigenvalue weighted by atomic mass is 10.1. The Balaban J connectivity index is 3.77. The van der Waals surface area contributed by atoms with Crippen LogP contribution in [-0.4, -0.2) is 34.4 Å². The van der Waals surface area contributed by atoms with Crippen LogP contribution in [0.15, 0.2) is 4.99 Å². The Hall–Kier alpha value is -1.34. The third-order valence-electron chi connectivity index (χ3n) is 1.38. The van der Waals surface area contributed by atoms with Crippen molar-refractivity contribution in [2.45, 2.75) is 18.6 Å². The number of nitrogens with zero attached hydrogens (tertiary/aromatic N) is 1. The summed E-state index contributed by atoms with van der Waals surface area (Å²) in [5.41, 5.74) is 12.9. The number of carbonyl (C=O) groups is 1. The SMILES string of the molecule is NC(N)=NCCCC(N)(O)C(=O)O. The first-order valence-corrected chi connectivity index (χ1v) is 3.66. The van der Waals surface area contributed by atoms with Crippen LogP contribution in [-0.2, 0) is 4.79 Å². The van der Waals surface area contributed by atoms with Crippen molar-refractivity contribution in [3.8, 4) is 0 Å². The molecule has 0 bridgehead atoms. The maximum absolute atomic E-state index is 10.3. The molecule has 0 aliphatic rings. The summed E-state index contributed by atoms with van der Waals surface area (Å²) in [6, 6.07) is 0. The third kappa shape index (κ3) is 4.99. The van der Waals surface area contributed by atoms with Gasteiger partial charge < -0.3 is 21.7 Å². The van der Waals surface area contributed by atoms with Gasteiger partial charge >= 0.3 is 5.97 Å². The average molecular weight is 190 g/mol. The van der Waals surface area contributed by atoms with E-state index in [9.17, 15) is 4.79 Å². The van der Waals surface area contributed by atoms with Crippen molar-refractivity contribution < 1.29 is 15.0 Å². The van der Waals surface area contributed by atoms with Gasteiger partial charge in [0, 0.05) is 13.0 Å². The van der Waals surface area contributed by atoms with Gasteiger partial charge in [0.05, 0.1) is 0 Å². The van der Waals surface area contributed by atoms with Crippen LogP contribution < -0.4 is 17.2 Å². The standard InChI is InChI=1S/C6H14N4O3/c7-5(8)10-3-1-2-6(9,13)4(11)12/h13H,1-3,9H2,(H,11,12)(H4,7,8,10). The van der Waals surface area contributed by atoms with Gasteiger partial charge in [-0.15, -0.1) is 0 Å². The Bertz CT molecular complexity index is 210. The van der Waals surface area contributed by atoms with Crippen molar-refractivity contribution in [2.75, 3.05) is 6.54 Å². The van der Waals surface area contributed by atoms with Crippen LogP contribution >= 0.6 is 0 Å². The summed E-state index contributed by atoms with van der Waals surface area (Å²) < 4.78 is 0. The highest BCUT2D eigenvalue weighted by Crippen LogP contribution is 2.05. The van der Waals surface area contributed by atoms with Gasteiger partial charge in [-0.25, -0.2) is 4.79 Å². The zero-order chi connectivity index (χ0) is 10.5. The summed E-state index contributed by atoms with van der Waals surface area (Å²) in [5.74, 6) is -1.53. The van der Waals surface area contributed by atoms with Crippen LogP contribution in [0.3, 0.4) is 0 Å². The number of aliphatic imine (C=N–C) groups is 1. The van der Waals surface area contributed by atoms with Crippen molar-refractivity contribution in [2.24, 2.45) is 22.2 Å². The van der Waals surface area contributed by atoms with Crippen LogP contribution in [0.4, 0.5) is 0 Å². The molecule has 0 saturated carbocycles. The maximum atomic E-state index is 10.3. The van der Waals surface area contributed by atoms with Gasteiger partial charge in [-0.3, -0.25) is 10.7 Å². The number of hydrogen-bond acceptors (Lipinski definition) is 4.